The molecule has 6 nitrogen and oxygen atoms in total. The first-order chi connectivity index (χ1) is 13.5. The summed E-state index contributed by atoms with van der Waals surface area (Å²) in [7, 11) is 0. The fourth-order valence-corrected chi connectivity index (χ4v) is 3.23. The van der Waals surface area contributed by atoms with Gasteiger partial charge in [0.25, 0.3) is 5.91 Å². The highest BCUT2D eigenvalue weighted by atomic mass is 16.2. The largest absolute Gasteiger partial charge is 0.342 e. The molecular weight excluding hydrogens is 354 g/mol. The smallest absolute Gasteiger partial charge is 0.251 e. The van der Waals surface area contributed by atoms with Crippen molar-refractivity contribution in [2.45, 2.75) is 38.3 Å². The maximum Gasteiger partial charge on any atom is 0.251 e. The summed E-state index contributed by atoms with van der Waals surface area (Å²) in [4.78, 5) is 36.6. The number of Topliss-reactive ketones (excluding diaryl/α,β-unsaturated/α-hetero) is 1. The zero-order chi connectivity index (χ0) is 19.9. The monoisotopic (exact) mass is 379 g/mol. The van der Waals surface area contributed by atoms with Gasteiger partial charge in [-0.2, -0.15) is 0 Å². The molecular formula is C22H25N3O3. The number of hydrogen-bond donors (Lipinski definition) is 3. The van der Waals surface area contributed by atoms with Crippen molar-refractivity contribution in [3.8, 4) is 0 Å². The number of carbonyl (C=O) groups is 3. The van der Waals surface area contributed by atoms with E-state index in [0.717, 1.165) is 24.9 Å². The highest BCUT2D eigenvalue weighted by Crippen LogP contribution is 2.13. The quantitative estimate of drug-likeness (QED) is 0.689. The number of nitrogens with one attached hydrogen (secondary N) is 3. The maximum atomic E-state index is 12.5. The number of rotatable bonds is 7. The van der Waals surface area contributed by atoms with Gasteiger partial charge in [-0.1, -0.05) is 30.3 Å². The highest BCUT2D eigenvalue weighted by molar-refractivity contribution is 5.99. The molecule has 28 heavy (non-hydrogen) atoms. The van der Waals surface area contributed by atoms with Crippen molar-refractivity contribution in [1.82, 2.24) is 10.6 Å². The minimum Gasteiger partial charge on any atom is -0.342 e. The van der Waals surface area contributed by atoms with Gasteiger partial charge in [0.15, 0.2) is 5.78 Å². The average Bonchev–Trinajstić information content (AvgIpc) is 3.24. The Labute approximate surface area is 164 Å². The average molecular weight is 379 g/mol. The first kappa shape index (κ1) is 19.8. The van der Waals surface area contributed by atoms with Crippen molar-refractivity contribution >= 4 is 23.3 Å². The molecule has 2 atom stereocenters. The summed E-state index contributed by atoms with van der Waals surface area (Å²) in [6.07, 6.45) is 2.28. The van der Waals surface area contributed by atoms with E-state index in [4.69, 9.17) is 0 Å². The van der Waals surface area contributed by atoms with Gasteiger partial charge in [0.2, 0.25) is 5.91 Å². The van der Waals surface area contributed by atoms with Crippen LogP contribution in [-0.4, -0.2) is 36.2 Å². The fourth-order valence-electron chi connectivity index (χ4n) is 3.23. The van der Waals surface area contributed by atoms with Gasteiger partial charge in [-0.15, -0.1) is 0 Å². The van der Waals surface area contributed by atoms with E-state index in [1.165, 1.54) is 6.92 Å². The van der Waals surface area contributed by atoms with Crippen LogP contribution in [0.4, 0.5) is 5.69 Å². The summed E-state index contributed by atoms with van der Waals surface area (Å²) in [5.41, 5.74) is 2.07. The Hall–Kier alpha value is -2.99. The molecule has 2 unspecified atom stereocenters. The maximum absolute atomic E-state index is 12.5. The zero-order valence-electron chi connectivity index (χ0n) is 15.9. The van der Waals surface area contributed by atoms with E-state index >= 15 is 0 Å². The lowest BCUT2D eigenvalue weighted by Crippen LogP contribution is -2.41. The molecule has 146 valence electrons. The first-order valence-corrected chi connectivity index (χ1v) is 9.52. The predicted molar refractivity (Wildman–Crippen MR) is 108 cm³/mol. The summed E-state index contributed by atoms with van der Waals surface area (Å²) < 4.78 is 0. The van der Waals surface area contributed by atoms with Crippen LogP contribution < -0.4 is 16.0 Å². The second-order valence-electron chi connectivity index (χ2n) is 7.04. The predicted octanol–water partition coefficient (Wildman–Crippen LogP) is 2.31. The molecule has 1 saturated heterocycles. The normalized spacial score (nSPS) is 17.0. The first-order valence-electron chi connectivity index (χ1n) is 9.52. The standard InChI is InChI=1S/C22H25N3O3/c1-15(26)20(14-16-6-3-2-4-7-16)25-21(27)17-9-11-18(12-10-17)24-22(28)19-8-5-13-23-19/h2-4,6-7,9-12,19-20,23H,5,8,13-14H2,1H3,(H,24,28)(H,25,27). The summed E-state index contributed by atoms with van der Waals surface area (Å²) >= 11 is 0. The summed E-state index contributed by atoms with van der Waals surface area (Å²) in [6.45, 7) is 2.33. The molecule has 6 heteroatoms. The topological polar surface area (TPSA) is 87.3 Å². The van der Waals surface area contributed by atoms with E-state index in [0.29, 0.717) is 17.7 Å². The Morgan fingerprint density at radius 3 is 2.39 bits per heavy atom. The van der Waals surface area contributed by atoms with Gasteiger partial charge in [0.1, 0.15) is 0 Å². The van der Waals surface area contributed by atoms with Crippen molar-refractivity contribution in [3.05, 3.63) is 65.7 Å². The molecule has 3 N–H and O–H groups in total. The molecule has 0 spiro atoms. The fraction of sp³-hybridized carbons (Fsp3) is 0.318. The van der Waals surface area contributed by atoms with Crippen LogP contribution >= 0.6 is 0 Å². The van der Waals surface area contributed by atoms with Gasteiger partial charge in [0, 0.05) is 11.3 Å². The third-order valence-corrected chi connectivity index (χ3v) is 4.87. The van der Waals surface area contributed by atoms with E-state index < -0.39 is 6.04 Å². The molecule has 2 aromatic rings. The van der Waals surface area contributed by atoms with Crippen LogP contribution in [0.3, 0.4) is 0 Å². The lowest BCUT2D eigenvalue weighted by molar-refractivity contribution is -0.119. The molecule has 2 amide bonds. The van der Waals surface area contributed by atoms with Gasteiger partial charge in [-0.05, 0) is 62.6 Å². The van der Waals surface area contributed by atoms with Crippen molar-refractivity contribution in [2.75, 3.05) is 11.9 Å². The molecule has 0 bridgehead atoms. The van der Waals surface area contributed by atoms with E-state index in [1.807, 2.05) is 30.3 Å². The lowest BCUT2D eigenvalue weighted by Gasteiger charge is -2.16. The minimum atomic E-state index is -0.581. The Morgan fingerprint density at radius 2 is 1.79 bits per heavy atom. The Bertz CT molecular complexity index is 828. The zero-order valence-corrected chi connectivity index (χ0v) is 15.9. The minimum absolute atomic E-state index is 0.0609. The highest BCUT2D eigenvalue weighted by Gasteiger charge is 2.22. The van der Waals surface area contributed by atoms with Crippen LogP contribution in [0.1, 0.15) is 35.7 Å². The second kappa shape index (κ2) is 9.28. The van der Waals surface area contributed by atoms with Gasteiger partial charge in [-0.25, -0.2) is 0 Å². The van der Waals surface area contributed by atoms with Crippen molar-refractivity contribution in [1.29, 1.82) is 0 Å². The van der Waals surface area contributed by atoms with Gasteiger partial charge >= 0.3 is 0 Å². The summed E-state index contributed by atoms with van der Waals surface area (Å²) in [6, 6.07) is 15.5. The van der Waals surface area contributed by atoms with E-state index in [-0.39, 0.29) is 23.6 Å². The SMILES string of the molecule is CC(=O)C(Cc1ccccc1)NC(=O)c1ccc(NC(=O)C2CCCN2)cc1. The van der Waals surface area contributed by atoms with E-state index in [1.54, 1.807) is 24.3 Å². The van der Waals surface area contributed by atoms with Crippen LogP contribution in [-0.2, 0) is 16.0 Å². The van der Waals surface area contributed by atoms with Gasteiger partial charge in [0.05, 0.1) is 12.1 Å². The molecule has 1 aliphatic heterocycles. The van der Waals surface area contributed by atoms with Gasteiger partial charge in [-0.3, -0.25) is 14.4 Å². The molecule has 0 aromatic heterocycles. The van der Waals surface area contributed by atoms with Crippen LogP contribution in [0.25, 0.3) is 0 Å². The molecule has 1 aliphatic rings. The number of benzene rings is 2. The van der Waals surface area contributed by atoms with E-state index in [2.05, 4.69) is 16.0 Å². The third kappa shape index (κ3) is 5.27. The van der Waals surface area contributed by atoms with E-state index in [9.17, 15) is 14.4 Å². The molecule has 2 aromatic carbocycles. The molecule has 0 saturated carbocycles. The molecule has 0 radical (unpaired) electrons. The Morgan fingerprint density at radius 1 is 1.07 bits per heavy atom. The van der Waals surface area contributed by atoms with Gasteiger partial charge < -0.3 is 16.0 Å². The molecule has 0 aliphatic carbocycles. The molecule has 3 rings (SSSR count). The van der Waals surface area contributed by atoms with Crippen molar-refractivity contribution < 1.29 is 14.4 Å². The molecule has 1 heterocycles. The van der Waals surface area contributed by atoms with Crippen molar-refractivity contribution in [2.24, 2.45) is 0 Å². The summed E-state index contributed by atoms with van der Waals surface area (Å²) in [5.74, 6) is -0.467. The number of ketones is 1. The molecule has 1 fully saturated rings. The number of anilines is 1. The van der Waals surface area contributed by atoms with Crippen LogP contribution in [0, 0.1) is 0 Å². The number of amides is 2. The van der Waals surface area contributed by atoms with Crippen LogP contribution in [0.2, 0.25) is 0 Å². The van der Waals surface area contributed by atoms with Crippen LogP contribution in [0.5, 0.6) is 0 Å². The Balaban J connectivity index is 1.59. The number of carbonyl (C=O) groups excluding carboxylic acids is 3. The second-order valence-corrected chi connectivity index (χ2v) is 7.04. The van der Waals surface area contributed by atoms with Crippen molar-refractivity contribution in [3.63, 3.8) is 0 Å². The lowest BCUT2D eigenvalue weighted by atomic mass is 10.0. The number of hydrogen-bond acceptors (Lipinski definition) is 4. The van der Waals surface area contributed by atoms with Crippen LogP contribution in [0.15, 0.2) is 54.6 Å². The Kier molecular flexibility index (Phi) is 6.55. The summed E-state index contributed by atoms with van der Waals surface area (Å²) in [5, 5.41) is 8.81. The third-order valence-electron chi connectivity index (χ3n) is 4.87.